The molecule has 2 aromatic rings. The Bertz CT molecular complexity index is 1150. The zero-order chi connectivity index (χ0) is 23.8. The highest BCUT2D eigenvalue weighted by Crippen LogP contribution is 2.63. The molecule has 0 bridgehead atoms. The monoisotopic (exact) mass is 473 g/mol. The first-order chi connectivity index (χ1) is 15.7. The molecule has 11 heteroatoms. The molecule has 2 atom stereocenters. The zero-order valence-corrected chi connectivity index (χ0v) is 18.7. The van der Waals surface area contributed by atoms with Gasteiger partial charge in [0.15, 0.2) is 0 Å². The number of aliphatic imine (C=N–C) groups is 1. The Balaban J connectivity index is 1.64. The summed E-state index contributed by atoms with van der Waals surface area (Å²) in [5, 5.41) is 1.97. The molecule has 9 nitrogen and oxygen atoms in total. The number of terminal acetylenes is 1. The van der Waals surface area contributed by atoms with Crippen molar-refractivity contribution in [2.45, 2.75) is 30.1 Å². The molecular weight excluding hydrogens is 449 g/mol. The first kappa shape index (κ1) is 22.8. The first-order valence-corrected chi connectivity index (χ1v) is 11.8. The van der Waals surface area contributed by atoms with Crippen LogP contribution in [0.3, 0.4) is 0 Å². The lowest BCUT2D eigenvalue weighted by atomic mass is 9.87. The van der Waals surface area contributed by atoms with E-state index in [4.69, 9.17) is 16.9 Å². The number of amides is 1. The summed E-state index contributed by atoms with van der Waals surface area (Å²) in [6, 6.07) is 7.15. The second-order valence-electron chi connectivity index (χ2n) is 7.85. The number of nitrogens with one attached hydrogen (secondary N) is 1. The summed E-state index contributed by atoms with van der Waals surface area (Å²) in [6.45, 7) is 0.0851. The third-order valence-corrected chi connectivity index (χ3v) is 8.34. The zero-order valence-electron chi connectivity index (χ0n) is 17.9. The number of nitrogens with zero attached hydrogens (tertiary/aromatic N) is 3. The van der Waals surface area contributed by atoms with Gasteiger partial charge in [-0.05, 0) is 49.6 Å². The van der Waals surface area contributed by atoms with Crippen molar-refractivity contribution in [2.24, 2.45) is 10.7 Å². The highest BCUT2D eigenvalue weighted by atomic mass is 32.3. The Morgan fingerprint density at radius 2 is 2.24 bits per heavy atom. The summed E-state index contributed by atoms with van der Waals surface area (Å²) < 4.78 is 43.1. The molecule has 1 amide bonds. The van der Waals surface area contributed by atoms with Crippen LogP contribution in [0.1, 0.15) is 35.3 Å². The van der Waals surface area contributed by atoms with Gasteiger partial charge in [-0.2, -0.15) is 0 Å². The molecule has 0 unspecified atom stereocenters. The topological polar surface area (TPSA) is 133 Å². The lowest BCUT2D eigenvalue weighted by Gasteiger charge is -2.54. The van der Waals surface area contributed by atoms with Crippen molar-refractivity contribution in [3.05, 3.63) is 53.6 Å². The summed E-state index contributed by atoms with van der Waals surface area (Å²) in [5.41, 5.74) is 5.35. The van der Waals surface area contributed by atoms with Crippen LogP contribution in [-0.4, -0.2) is 49.2 Å². The summed E-state index contributed by atoms with van der Waals surface area (Å²) in [6.07, 6.45) is 8.01. The number of halogens is 1. The molecule has 174 valence electrons. The minimum absolute atomic E-state index is 0.0710. The van der Waals surface area contributed by atoms with Gasteiger partial charge in [0.25, 0.3) is 5.91 Å². The molecule has 4 rings (SSSR count). The average Bonchev–Trinajstić information content (AvgIpc) is 3.23. The van der Waals surface area contributed by atoms with Gasteiger partial charge in [0.05, 0.1) is 11.4 Å². The van der Waals surface area contributed by atoms with E-state index in [9.17, 15) is 13.9 Å². The fourth-order valence-electron chi connectivity index (χ4n) is 4.33. The molecule has 1 aliphatic carbocycles. The molecule has 1 saturated carbocycles. The van der Waals surface area contributed by atoms with E-state index in [2.05, 4.69) is 21.2 Å². The number of anilines is 1. The maximum absolute atomic E-state index is 15.0. The molecule has 0 radical (unpaired) electrons. The van der Waals surface area contributed by atoms with Crippen molar-refractivity contribution in [1.29, 1.82) is 0 Å². The minimum Gasteiger partial charge on any atom is -0.479 e. The van der Waals surface area contributed by atoms with Gasteiger partial charge in [-0.15, -0.1) is 17.2 Å². The largest absolute Gasteiger partial charge is 0.479 e. The molecule has 0 saturated heterocycles. The maximum Gasteiger partial charge on any atom is 0.274 e. The van der Waals surface area contributed by atoms with Crippen LogP contribution >= 0.6 is 10.8 Å². The van der Waals surface area contributed by atoms with Crippen LogP contribution in [0.25, 0.3) is 0 Å². The van der Waals surface area contributed by atoms with Crippen LogP contribution in [0, 0.1) is 18.2 Å². The van der Waals surface area contributed by atoms with Gasteiger partial charge in [-0.1, -0.05) is 5.92 Å². The minimum atomic E-state index is -3.31. The van der Waals surface area contributed by atoms with E-state index >= 15 is 4.39 Å². The van der Waals surface area contributed by atoms with E-state index in [0.29, 0.717) is 30.7 Å². The van der Waals surface area contributed by atoms with Crippen molar-refractivity contribution in [3.63, 3.8) is 0 Å². The fourth-order valence-corrected chi connectivity index (χ4v) is 6.33. The number of pyridine rings is 1. The van der Waals surface area contributed by atoms with Crippen LogP contribution < -0.4 is 15.8 Å². The fraction of sp³-hybridized carbons (Fsp3) is 0.318. The maximum atomic E-state index is 15.0. The van der Waals surface area contributed by atoms with Crippen molar-refractivity contribution in [1.82, 2.24) is 9.29 Å². The highest BCUT2D eigenvalue weighted by Gasteiger charge is 2.56. The van der Waals surface area contributed by atoms with E-state index in [1.807, 2.05) is 0 Å². The average molecular weight is 474 g/mol. The van der Waals surface area contributed by atoms with E-state index in [-0.39, 0.29) is 23.8 Å². The molecule has 1 aromatic carbocycles. The van der Waals surface area contributed by atoms with E-state index in [1.165, 1.54) is 37.5 Å². The molecule has 1 aromatic heterocycles. The molecular formula is C22H24FN5O4S. The number of hydrogen-bond donors (Lipinski definition) is 4. The number of aromatic nitrogens is 1. The smallest absolute Gasteiger partial charge is 0.274 e. The normalized spacial score (nSPS) is 24.3. The Labute approximate surface area is 192 Å². The molecule has 0 spiro atoms. The number of ether oxygens (including phenoxy) is 1. The molecule has 2 aliphatic rings. The summed E-state index contributed by atoms with van der Waals surface area (Å²) >= 11 is 0. The van der Waals surface area contributed by atoms with Gasteiger partial charge in [-0.3, -0.25) is 13.9 Å². The second kappa shape index (κ2) is 8.55. The van der Waals surface area contributed by atoms with Crippen molar-refractivity contribution < 1.29 is 23.0 Å². The Hall–Kier alpha value is -3.33. The van der Waals surface area contributed by atoms with E-state index in [0.717, 1.165) is 4.31 Å². The van der Waals surface area contributed by atoms with Crippen molar-refractivity contribution in [2.75, 3.05) is 19.0 Å². The number of carbonyl (C=O) groups is 1. The van der Waals surface area contributed by atoms with Crippen LogP contribution in [0.15, 0.2) is 41.5 Å². The third kappa shape index (κ3) is 3.97. The Morgan fingerprint density at radius 3 is 2.94 bits per heavy atom. The molecule has 33 heavy (non-hydrogen) atoms. The number of guanidine groups is 1. The van der Waals surface area contributed by atoms with E-state index in [1.54, 1.807) is 6.07 Å². The molecule has 1 fully saturated rings. The lowest BCUT2D eigenvalue weighted by molar-refractivity contribution is 0.102. The van der Waals surface area contributed by atoms with Gasteiger partial charge < -0.3 is 15.8 Å². The summed E-state index contributed by atoms with van der Waals surface area (Å²) in [5.74, 6) is 1.62. The lowest BCUT2D eigenvalue weighted by Crippen LogP contribution is -2.52. The van der Waals surface area contributed by atoms with Gasteiger partial charge in [0.2, 0.25) is 5.96 Å². The molecule has 2 heterocycles. The number of rotatable bonds is 5. The Kier molecular flexibility index (Phi) is 5.92. The number of hydrogen-bond acceptors (Lipinski definition) is 8. The number of fused-ring (bicyclic) bond motifs is 1. The molecule has 5 N–H and O–H groups in total. The van der Waals surface area contributed by atoms with Crippen molar-refractivity contribution in [3.8, 4) is 18.1 Å². The van der Waals surface area contributed by atoms with Gasteiger partial charge in [-0.25, -0.2) is 18.7 Å². The predicted octanol–water partition coefficient (Wildman–Crippen LogP) is 3.16. The highest BCUT2D eigenvalue weighted by molar-refractivity contribution is 8.23. The van der Waals surface area contributed by atoms with E-state index < -0.39 is 33.3 Å². The van der Waals surface area contributed by atoms with Gasteiger partial charge >= 0.3 is 0 Å². The molecule has 1 aliphatic heterocycles. The summed E-state index contributed by atoms with van der Waals surface area (Å²) in [7, 11) is -1.85. The third-order valence-electron chi connectivity index (χ3n) is 5.96. The number of carbonyl (C=O) groups excluding carboxylic acids is 1. The summed E-state index contributed by atoms with van der Waals surface area (Å²) in [4.78, 5) is 21.3. The standard InChI is InChI=1S/C22H24FN5O4S/c1-3-11-32-15-7-9-18(25-13-15)20(29)26-14-6-8-17(23)16(12-14)22-10-4-5-19(22)33(30,31)28(2)21(24)27-22/h1,6-9,12-13,19,30-31H,4-5,10-11H2,2H3,(H2,24,27)(H,26,29)/t19-,22-/m1/s1. The second-order valence-corrected chi connectivity index (χ2v) is 10.1. The predicted molar refractivity (Wildman–Crippen MR) is 124 cm³/mol. The van der Waals surface area contributed by atoms with Crippen LogP contribution in [0.5, 0.6) is 5.75 Å². The van der Waals surface area contributed by atoms with Crippen LogP contribution in [0.4, 0.5) is 10.1 Å². The van der Waals surface area contributed by atoms with Gasteiger partial charge in [0.1, 0.15) is 29.4 Å². The van der Waals surface area contributed by atoms with Gasteiger partial charge in [0, 0.05) is 18.3 Å². The van der Waals surface area contributed by atoms with Crippen LogP contribution in [-0.2, 0) is 5.54 Å². The number of nitrogens with two attached hydrogens (primary N) is 1. The first-order valence-electron chi connectivity index (χ1n) is 10.2. The Morgan fingerprint density at radius 1 is 1.45 bits per heavy atom. The van der Waals surface area contributed by atoms with Crippen molar-refractivity contribution >= 4 is 28.3 Å². The number of benzene rings is 1. The van der Waals surface area contributed by atoms with Crippen LogP contribution in [0.2, 0.25) is 0 Å². The SMILES string of the molecule is C#CCOc1ccc(C(=O)Nc2ccc(F)c([C@]34CCC[C@H]3S(O)(O)N(C)C(N)=N4)c2)nc1. The quantitative estimate of drug-likeness (QED) is 0.490.